The maximum atomic E-state index is 12.3. The molecule has 0 aromatic heterocycles. The van der Waals surface area contributed by atoms with E-state index in [1.54, 1.807) is 18.2 Å². The summed E-state index contributed by atoms with van der Waals surface area (Å²) < 4.78 is 0. The number of nitrogens with one attached hydrogen (secondary N) is 2. The molecule has 2 aliphatic heterocycles. The second-order valence-corrected chi connectivity index (χ2v) is 6.26. The van der Waals surface area contributed by atoms with E-state index < -0.39 is 0 Å². The van der Waals surface area contributed by atoms with Gasteiger partial charge < -0.3 is 10.6 Å². The third-order valence-corrected chi connectivity index (χ3v) is 4.41. The van der Waals surface area contributed by atoms with Gasteiger partial charge in [0.05, 0.1) is 11.1 Å². The highest BCUT2D eigenvalue weighted by Crippen LogP contribution is 2.23. The summed E-state index contributed by atoms with van der Waals surface area (Å²) in [6.45, 7) is 4.15. The van der Waals surface area contributed by atoms with Gasteiger partial charge in [0.2, 0.25) is 5.91 Å². The minimum absolute atomic E-state index is 0. The molecule has 0 spiro atoms. The van der Waals surface area contributed by atoms with E-state index in [1.165, 1.54) is 0 Å². The van der Waals surface area contributed by atoms with Crippen molar-refractivity contribution in [3.63, 3.8) is 0 Å². The van der Waals surface area contributed by atoms with E-state index in [9.17, 15) is 14.4 Å². The number of halogens is 1. The van der Waals surface area contributed by atoms with Gasteiger partial charge in [0.1, 0.15) is 6.54 Å². The fraction of sp³-hybridized carbons (Fsp3) is 0.471. The van der Waals surface area contributed by atoms with Gasteiger partial charge in [0.25, 0.3) is 11.8 Å². The zero-order valence-electron chi connectivity index (χ0n) is 13.6. The maximum Gasteiger partial charge on any atom is 0.262 e. The second kappa shape index (κ2) is 7.77. The van der Waals surface area contributed by atoms with Crippen LogP contribution < -0.4 is 10.6 Å². The predicted molar refractivity (Wildman–Crippen MR) is 92.4 cm³/mol. The molecule has 130 valence electrons. The molecule has 2 aliphatic rings. The molecule has 2 heterocycles. The zero-order chi connectivity index (χ0) is 16.4. The number of rotatable bonds is 4. The van der Waals surface area contributed by atoms with Gasteiger partial charge in [-0.3, -0.25) is 19.3 Å². The van der Waals surface area contributed by atoms with E-state index in [4.69, 9.17) is 0 Å². The van der Waals surface area contributed by atoms with Crippen molar-refractivity contribution in [2.75, 3.05) is 26.2 Å². The molecule has 3 rings (SSSR count). The number of carbonyl (C=O) groups excluding carboxylic acids is 3. The molecule has 1 fully saturated rings. The number of fused-ring (bicyclic) bond motifs is 1. The Balaban J connectivity index is 0.00000208. The minimum atomic E-state index is -0.389. The first-order valence-corrected chi connectivity index (χ1v) is 8.00. The van der Waals surface area contributed by atoms with Crippen LogP contribution >= 0.6 is 12.4 Å². The highest BCUT2D eigenvalue weighted by Gasteiger charge is 2.36. The fourth-order valence-corrected chi connectivity index (χ4v) is 3.10. The minimum Gasteiger partial charge on any atom is -0.354 e. The van der Waals surface area contributed by atoms with E-state index >= 15 is 0 Å². The number of benzene rings is 1. The van der Waals surface area contributed by atoms with Crippen LogP contribution in [-0.4, -0.2) is 48.8 Å². The van der Waals surface area contributed by atoms with Crippen molar-refractivity contribution in [3.05, 3.63) is 34.9 Å². The molecule has 24 heavy (non-hydrogen) atoms. The SMILES string of the molecule is Cc1ccc2c(c1)C(=O)N(CC(=O)NCC1CCCNC1)C2=O.Cl. The fourth-order valence-electron chi connectivity index (χ4n) is 3.10. The van der Waals surface area contributed by atoms with Crippen molar-refractivity contribution in [2.45, 2.75) is 19.8 Å². The van der Waals surface area contributed by atoms with Gasteiger partial charge in [0, 0.05) is 6.54 Å². The van der Waals surface area contributed by atoms with Crippen molar-refractivity contribution < 1.29 is 14.4 Å². The van der Waals surface area contributed by atoms with Crippen LogP contribution in [0.25, 0.3) is 0 Å². The maximum absolute atomic E-state index is 12.3. The van der Waals surface area contributed by atoms with Gasteiger partial charge in [-0.2, -0.15) is 0 Å². The third-order valence-electron chi connectivity index (χ3n) is 4.41. The average molecular weight is 352 g/mol. The molecule has 1 unspecified atom stereocenters. The summed E-state index contributed by atoms with van der Waals surface area (Å²) in [7, 11) is 0. The largest absolute Gasteiger partial charge is 0.354 e. The molecule has 0 saturated carbocycles. The molecule has 0 bridgehead atoms. The highest BCUT2D eigenvalue weighted by atomic mass is 35.5. The average Bonchev–Trinajstić information content (AvgIpc) is 2.78. The van der Waals surface area contributed by atoms with Crippen LogP contribution in [0.2, 0.25) is 0 Å². The number of hydrogen-bond acceptors (Lipinski definition) is 4. The van der Waals surface area contributed by atoms with Gasteiger partial charge in [-0.25, -0.2) is 0 Å². The third kappa shape index (κ3) is 3.76. The van der Waals surface area contributed by atoms with Crippen LogP contribution in [0.4, 0.5) is 0 Å². The Morgan fingerprint density at radius 3 is 2.75 bits per heavy atom. The lowest BCUT2D eigenvalue weighted by Crippen LogP contribution is -2.43. The summed E-state index contributed by atoms with van der Waals surface area (Å²) in [6, 6.07) is 5.14. The second-order valence-electron chi connectivity index (χ2n) is 6.26. The number of carbonyl (C=O) groups is 3. The lowest BCUT2D eigenvalue weighted by Gasteiger charge is -2.23. The Kier molecular flexibility index (Phi) is 5.96. The predicted octanol–water partition coefficient (Wildman–Crippen LogP) is 1.13. The zero-order valence-corrected chi connectivity index (χ0v) is 14.4. The van der Waals surface area contributed by atoms with Crippen molar-refractivity contribution >= 4 is 30.1 Å². The number of amides is 3. The van der Waals surface area contributed by atoms with Gasteiger partial charge in [-0.1, -0.05) is 11.6 Å². The molecule has 0 radical (unpaired) electrons. The first kappa shape index (κ1) is 18.4. The first-order chi connectivity index (χ1) is 11.1. The number of hydrogen-bond donors (Lipinski definition) is 2. The van der Waals surface area contributed by atoms with Crippen molar-refractivity contribution in [2.24, 2.45) is 5.92 Å². The molecule has 6 nitrogen and oxygen atoms in total. The Labute approximate surface area is 147 Å². The number of aryl methyl sites for hydroxylation is 1. The van der Waals surface area contributed by atoms with Gasteiger partial charge >= 0.3 is 0 Å². The normalized spacial score (nSPS) is 19.7. The number of imide groups is 1. The Hall–Kier alpha value is -1.92. The number of nitrogens with zero attached hydrogens (tertiary/aromatic N) is 1. The van der Waals surface area contributed by atoms with Crippen molar-refractivity contribution in [1.29, 1.82) is 0 Å². The van der Waals surface area contributed by atoms with Gasteiger partial charge in [-0.15, -0.1) is 12.4 Å². The molecule has 1 saturated heterocycles. The summed E-state index contributed by atoms with van der Waals surface area (Å²) in [4.78, 5) is 37.7. The monoisotopic (exact) mass is 351 g/mol. The van der Waals surface area contributed by atoms with Crippen LogP contribution in [0.15, 0.2) is 18.2 Å². The van der Waals surface area contributed by atoms with Crippen LogP contribution in [0.3, 0.4) is 0 Å². The summed E-state index contributed by atoms with van der Waals surface area (Å²) >= 11 is 0. The smallest absolute Gasteiger partial charge is 0.262 e. The Morgan fingerprint density at radius 2 is 2.04 bits per heavy atom. The summed E-state index contributed by atoms with van der Waals surface area (Å²) in [5, 5.41) is 6.13. The molecular formula is C17H22ClN3O3. The van der Waals surface area contributed by atoms with E-state index in [0.717, 1.165) is 36.4 Å². The highest BCUT2D eigenvalue weighted by molar-refractivity contribution is 6.22. The summed E-state index contributed by atoms with van der Waals surface area (Å²) in [6.07, 6.45) is 2.19. The van der Waals surface area contributed by atoms with Crippen LogP contribution in [0, 0.1) is 12.8 Å². The summed E-state index contributed by atoms with van der Waals surface area (Å²) in [5.41, 5.74) is 1.69. The Bertz CT molecular complexity index is 656. The van der Waals surface area contributed by atoms with Gasteiger partial charge in [-0.05, 0) is 50.9 Å². The molecule has 2 N–H and O–H groups in total. The molecule has 1 aromatic carbocycles. The van der Waals surface area contributed by atoms with Crippen LogP contribution in [0.5, 0.6) is 0 Å². The lowest BCUT2D eigenvalue weighted by molar-refractivity contribution is -0.121. The molecule has 1 aromatic rings. The molecule has 3 amide bonds. The molecule has 0 aliphatic carbocycles. The topological polar surface area (TPSA) is 78.5 Å². The summed E-state index contributed by atoms with van der Waals surface area (Å²) in [5.74, 6) is -0.651. The first-order valence-electron chi connectivity index (χ1n) is 8.00. The number of piperidine rings is 1. The Morgan fingerprint density at radius 1 is 1.29 bits per heavy atom. The van der Waals surface area contributed by atoms with Crippen LogP contribution in [0.1, 0.15) is 39.1 Å². The van der Waals surface area contributed by atoms with E-state index in [-0.39, 0.29) is 36.7 Å². The lowest BCUT2D eigenvalue weighted by atomic mass is 10.00. The standard InChI is InChI=1S/C17H21N3O3.ClH/c1-11-4-5-13-14(7-11)17(23)20(16(13)22)10-15(21)19-9-12-3-2-6-18-8-12;/h4-5,7,12,18H,2-3,6,8-10H2,1H3,(H,19,21);1H. The van der Waals surface area contributed by atoms with Crippen molar-refractivity contribution in [1.82, 2.24) is 15.5 Å². The quantitative estimate of drug-likeness (QED) is 0.797. The van der Waals surface area contributed by atoms with E-state index in [1.807, 2.05) is 6.92 Å². The molecular weight excluding hydrogens is 330 g/mol. The van der Waals surface area contributed by atoms with Crippen LogP contribution in [-0.2, 0) is 4.79 Å². The van der Waals surface area contributed by atoms with E-state index in [0.29, 0.717) is 23.6 Å². The van der Waals surface area contributed by atoms with E-state index in [2.05, 4.69) is 10.6 Å². The molecule has 7 heteroatoms. The van der Waals surface area contributed by atoms with Gasteiger partial charge in [0.15, 0.2) is 0 Å². The van der Waals surface area contributed by atoms with Crippen molar-refractivity contribution in [3.8, 4) is 0 Å². The molecule has 1 atom stereocenters.